The second-order valence-electron chi connectivity index (χ2n) is 9.98. The molecule has 6 nitrogen and oxygen atoms in total. The third kappa shape index (κ3) is 6.61. The molecule has 0 aliphatic heterocycles. The molecule has 192 valence electrons. The number of sulfonamides is 1. The van der Waals surface area contributed by atoms with E-state index in [1.807, 2.05) is 0 Å². The highest BCUT2D eigenvalue weighted by Gasteiger charge is 2.27. The van der Waals surface area contributed by atoms with Crippen LogP contribution in [0.2, 0.25) is 0 Å². The number of rotatable bonds is 6. The lowest BCUT2D eigenvalue weighted by atomic mass is 9.73. The van der Waals surface area contributed by atoms with Crippen LogP contribution in [0.25, 0.3) is 0 Å². The molecule has 36 heavy (non-hydrogen) atoms. The van der Waals surface area contributed by atoms with Crippen LogP contribution >= 0.6 is 0 Å². The molecule has 0 saturated heterocycles. The fourth-order valence-electron chi connectivity index (χ4n) is 5.53. The van der Waals surface area contributed by atoms with Gasteiger partial charge < -0.3 is 9.84 Å². The molecule has 2 saturated carbocycles. The molecule has 0 atom stereocenters. The standard InChI is InChI=1S/C29H35NO5S/c1-35-28-20-25(29(31)32)16-19-27(28)30-36(33,34)26-17-12-22(13-18-26)9-8-21-10-14-24(15-11-21)23-6-4-2-3-5-7-23/h12-13,16-21,23-24,30H,2-7,10-11,14-15H2,1H3,(H,31,32). The van der Waals surface area contributed by atoms with Crippen LogP contribution in [0.4, 0.5) is 5.69 Å². The molecule has 2 aromatic rings. The maximum Gasteiger partial charge on any atom is 0.335 e. The van der Waals surface area contributed by atoms with E-state index in [1.165, 1.54) is 88.8 Å². The van der Waals surface area contributed by atoms with Gasteiger partial charge in [0.2, 0.25) is 0 Å². The Kier molecular flexibility index (Phi) is 8.58. The van der Waals surface area contributed by atoms with Gasteiger partial charge in [0.05, 0.1) is 23.3 Å². The molecule has 7 heteroatoms. The maximum atomic E-state index is 12.9. The van der Waals surface area contributed by atoms with Crippen molar-refractivity contribution in [2.24, 2.45) is 17.8 Å². The van der Waals surface area contributed by atoms with Crippen molar-refractivity contribution in [3.05, 3.63) is 53.6 Å². The summed E-state index contributed by atoms with van der Waals surface area (Å²) in [6.07, 6.45) is 13.3. The number of ether oxygens (including phenoxy) is 1. The van der Waals surface area contributed by atoms with E-state index in [2.05, 4.69) is 16.6 Å². The Balaban J connectivity index is 1.36. The molecule has 0 bridgehead atoms. The van der Waals surface area contributed by atoms with E-state index in [4.69, 9.17) is 9.84 Å². The zero-order valence-electron chi connectivity index (χ0n) is 20.8. The quantitative estimate of drug-likeness (QED) is 0.351. The van der Waals surface area contributed by atoms with E-state index < -0.39 is 16.0 Å². The number of carbonyl (C=O) groups is 1. The summed E-state index contributed by atoms with van der Waals surface area (Å²) < 4.78 is 33.4. The Morgan fingerprint density at radius 1 is 0.917 bits per heavy atom. The maximum absolute atomic E-state index is 12.9. The fraction of sp³-hybridized carbons (Fsp3) is 0.483. The molecule has 4 rings (SSSR count). The normalized spacial score (nSPS) is 21.0. The first-order valence-corrected chi connectivity index (χ1v) is 14.4. The van der Waals surface area contributed by atoms with Gasteiger partial charge in [-0.05, 0) is 80.0 Å². The second-order valence-corrected chi connectivity index (χ2v) is 11.7. The average Bonchev–Trinajstić information content (AvgIpc) is 3.18. The Hall–Kier alpha value is -2.98. The molecule has 0 heterocycles. The largest absolute Gasteiger partial charge is 0.495 e. The SMILES string of the molecule is COc1cc(C(=O)O)ccc1NS(=O)(=O)c1ccc(C#CC2CCC(C3CCCCCC3)CC2)cc1. The topological polar surface area (TPSA) is 92.7 Å². The van der Waals surface area contributed by atoms with Crippen molar-refractivity contribution in [1.29, 1.82) is 0 Å². The number of carboxylic acid groups (broad SMARTS) is 1. The number of carboxylic acids is 1. The third-order valence-electron chi connectivity index (χ3n) is 7.62. The molecular formula is C29H35NO5S. The third-order valence-corrected chi connectivity index (χ3v) is 9.00. The summed E-state index contributed by atoms with van der Waals surface area (Å²) >= 11 is 0. The van der Waals surface area contributed by atoms with Gasteiger partial charge in [0.1, 0.15) is 5.75 Å². The van der Waals surface area contributed by atoms with Crippen molar-refractivity contribution < 1.29 is 23.1 Å². The van der Waals surface area contributed by atoms with Gasteiger partial charge in [-0.3, -0.25) is 4.72 Å². The number of hydrogen-bond acceptors (Lipinski definition) is 4. The van der Waals surface area contributed by atoms with Crippen molar-refractivity contribution in [3.63, 3.8) is 0 Å². The van der Waals surface area contributed by atoms with Crippen LogP contribution in [0, 0.1) is 29.6 Å². The van der Waals surface area contributed by atoms with Crippen LogP contribution in [0.1, 0.15) is 80.1 Å². The number of methoxy groups -OCH3 is 1. The number of hydrogen-bond donors (Lipinski definition) is 2. The van der Waals surface area contributed by atoms with Crippen LogP contribution in [0.3, 0.4) is 0 Å². The Morgan fingerprint density at radius 2 is 1.56 bits per heavy atom. The van der Waals surface area contributed by atoms with Gasteiger partial charge >= 0.3 is 5.97 Å². The summed E-state index contributed by atoms with van der Waals surface area (Å²) in [5.41, 5.74) is 0.977. The number of aromatic carboxylic acids is 1. The molecule has 2 aromatic carbocycles. The monoisotopic (exact) mass is 509 g/mol. The van der Waals surface area contributed by atoms with Crippen molar-refractivity contribution in [2.45, 2.75) is 69.1 Å². The van der Waals surface area contributed by atoms with Gasteiger partial charge in [0.25, 0.3) is 10.0 Å². The molecule has 0 aromatic heterocycles. The lowest BCUT2D eigenvalue weighted by Crippen LogP contribution is -2.21. The predicted octanol–water partition coefficient (Wildman–Crippen LogP) is 6.32. The van der Waals surface area contributed by atoms with Crippen molar-refractivity contribution in [1.82, 2.24) is 0 Å². The highest BCUT2D eigenvalue weighted by molar-refractivity contribution is 7.92. The first-order chi connectivity index (χ1) is 17.4. The molecule has 0 amide bonds. The van der Waals surface area contributed by atoms with E-state index in [9.17, 15) is 13.2 Å². The molecule has 2 aliphatic carbocycles. The number of benzene rings is 2. The Bertz CT molecular complexity index is 1210. The van der Waals surface area contributed by atoms with Gasteiger partial charge in [0, 0.05) is 11.5 Å². The highest BCUT2D eigenvalue weighted by atomic mass is 32.2. The van der Waals surface area contributed by atoms with Gasteiger partial charge in [-0.1, -0.05) is 50.4 Å². The smallest absolute Gasteiger partial charge is 0.335 e. The molecule has 0 unspecified atom stereocenters. The van der Waals surface area contributed by atoms with Crippen LogP contribution < -0.4 is 9.46 Å². The van der Waals surface area contributed by atoms with Crippen LogP contribution in [-0.4, -0.2) is 26.6 Å². The van der Waals surface area contributed by atoms with Gasteiger partial charge in [-0.2, -0.15) is 0 Å². The summed E-state index contributed by atoms with van der Waals surface area (Å²) in [4.78, 5) is 11.3. The van der Waals surface area contributed by atoms with Crippen molar-refractivity contribution >= 4 is 21.7 Å². The van der Waals surface area contributed by atoms with E-state index in [0.29, 0.717) is 5.92 Å². The lowest BCUT2D eigenvalue weighted by molar-refractivity contribution is 0.0696. The second kappa shape index (κ2) is 11.8. The zero-order valence-corrected chi connectivity index (χ0v) is 21.6. The molecule has 2 N–H and O–H groups in total. The summed E-state index contributed by atoms with van der Waals surface area (Å²) in [5.74, 6) is 7.88. The number of anilines is 1. The van der Waals surface area contributed by atoms with Crippen LogP contribution in [0.15, 0.2) is 47.4 Å². The minimum absolute atomic E-state index is 0.00986. The average molecular weight is 510 g/mol. The summed E-state index contributed by atoms with van der Waals surface area (Å²) in [5, 5.41) is 9.13. The minimum Gasteiger partial charge on any atom is -0.495 e. The zero-order chi connectivity index (χ0) is 25.5. The Morgan fingerprint density at radius 3 is 2.17 bits per heavy atom. The first kappa shape index (κ1) is 26.1. The summed E-state index contributed by atoms with van der Waals surface area (Å²) in [6.45, 7) is 0. The van der Waals surface area contributed by atoms with E-state index in [1.54, 1.807) is 12.1 Å². The summed E-state index contributed by atoms with van der Waals surface area (Å²) in [6, 6.07) is 10.5. The number of nitrogens with one attached hydrogen (secondary N) is 1. The van der Waals surface area contributed by atoms with E-state index in [0.717, 1.165) is 30.2 Å². The lowest BCUT2D eigenvalue weighted by Gasteiger charge is -2.32. The molecule has 0 spiro atoms. The fourth-order valence-corrected chi connectivity index (χ4v) is 6.60. The van der Waals surface area contributed by atoms with Gasteiger partial charge in [-0.25, -0.2) is 13.2 Å². The first-order valence-electron chi connectivity index (χ1n) is 12.9. The predicted molar refractivity (Wildman–Crippen MR) is 141 cm³/mol. The van der Waals surface area contributed by atoms with Crippen molar-refractivity contribution in [2.75, 3.05) is 11.8 Å². The van der Waals surface area contributed by atoms with Crippen molar-refractivity contribution in [3.8, 4) is 17.6 Å². The highest BCUT2D eigenvalue weighted by Crippen LogP contribution is 2.39. The van der Waals surface area contributed by atoms with E-state index >= 15 is 0 Å². The van der Waals surface area contributed by atoms with Crippen LogP contribution in [-0.2, 0) is 10.0 Å². The van der Waals surface area contributed by atoms with Gasteiger partial charge in [0.15, 0.2) is 0 Å². The van der Waals surface area contributed by atoms with Crippen LogP contribution in [0.5, 0.6) is 5.75 Å². The molecule has 2 aliphatic rings. The van der Waals surface area contributed by atoms with Gasteiger partial charge in [-0.15, -0.1) is 0 Å². The molecule has 0 radical (unpaired) electrons. The van der Waals surface area contributed by atoms with E-state index in [-0.39, 0.29) is 21.9 Å². The molecule has 2 fully saturated rings. The summed E-state index contributed by atoms with van der Waals surface area (Å²) in [7, 11) is -2.52. The Labute approximate surface area is 214 Å². The minimum atomic E-state index is -3.88. The molecular weight excluding hydrogens is 474 g/mol.